The third-order valence-electron chi connectivity index (χ3n) is 4.71. The standard InChI is InChI=1S/C22H20ClFN2O3/c1-13(7-14-3-2-4-16(24)8-14)26-22(27)18-12-25-11-17(18)15-9-19(23)21-20(10-15)28-5-6-29-21/h2-4,8-13,25H,5-7H2,1H3,(H,26,27). The van der Waals surface area contributed by atoms with Crippen molar-refractivity contribution >= 4 is 17.5 Å². The molecule has 150 valence electrons. The molecule has 2 heterocycles. The number of hydrogen-bond donors (Lipinski definition) is 2. The van der Waals surface area contributed by atoms with Gasteiger partial charge in [0.05, 0.1) is 10.6 Å². The maximum absolute atomic E-state index is 13.4. The van der Waals surface area contributed by atoms with Gasteiger partial charge in [-0.05, 0) is 48.7 Å². The molecule has 2 N–H and O–H groups in total. The summed E-state index contributed by atoms with van der Waals surface area (Å²) < 4.78 is 24.6. The average Bonchev–Trinajstić information content (AvgIpc) is 3.18. The highest BCUT2D eigenvalue weighted by Gasteiger charge is 2.21. The SMILES string of the molecule is CC(Cc1cccc(F)c1)NC(=O)c1c[nH]cc1-c1cc(Cl)c2c(c1)OCCO2. The molecule has 0 fully saturated rings. The summed E-state index contributed by atoms with van der Waals surface area (Å²) in [6, 6.07) is 9.77. The van der Waals surface area contributed by atoms with E-state index in [1.165, 1.54) is 12.1 Å². The van der Waals surface area contributed by atoms with Crippen LogP contribution < -0.4 is 14.8 Å². The third-order valence-corrected chi connectivity index (χ3v) is 4.99. The van der Waals surface area contributed by atoms with Gasteiger partial charge in [-0.3, -0.25) is 4.79 Å². The molecule has 5 nitrogen and oxygen atoms in total. The lowest BCUT2D eigenvalue weighted by Crippen LogP contribution is -2.34. The minimum Gasteiger partial charge on any atom is -0.486 e. The van der Waals surface area contributed by atoms with E-state index >= 15 is 0 Å². The largest absolute Gasteiger partial charge is 0.486 e. The number of rotatable bonds is 5. The maximum Gasteiger partial charge on any atom is 0.253 e. The van der Waals surface area contributed by atoms with Crippen molar-refractivity contribution in [2.24, 2.45) is 0 Å². The van der Waals surface area contributed by atoms with Gasteiger partial charge in [-0.25, -0.2) is 4.39 Å². The van der Waals surface area contributed by atoms with E-state index in [2.05, 4.69) is 10.3 Å². The van der Waals surface area contributed by atoms with Gasteiger partial charge >= 0.3 is 0 Å². The molecule has 0 radical (unpaired) electrons. The first-order chi connectivity index (χ1) is 14.0. The lowest BCUT2D eigenvalue weighted by Gasteiger charge is -2.20. The van der Waals surface area contributed by atoms with Crippen LogP contribution in [0.3, 0.4) is 0 Å². The van der Waals surface area contributed by atoms with Crippen LogP contribution in [0, 0.1) is 5.82 Å². The van der Waals surface area contributed by atoms with Crippen molar-refractivity contribution in [1.29, 1.82) is 0 Å². The molecular formula is C22H20ClFN2O3. The number of nitrogens with one attached hydrogen (secondary N) is 2. The summed E-state index contributed by atoms with van der Waals surface area (Å²) in [5, 5.41) is 3.40. The lowest BCUT2D eigenvalue weighted by atomic mass is 10.0. The molecule has 0 aliphatic carbocycles. The quantitative estimate of drug-likeness (QED) is 0.641. The molecule has 1 aliphatic rings. The van der Waals surface area contributed by atoms with Crippen molar-refractivity contribution < 1.29 is 18.7 Å². The molecule has 0 saturated carbocycles. The lowest BCUT2D eigenvalue weighted by molar-refractivity contribution is 0.0941. The van der Waals surface area contributed by atoms with E-state index in [0.717, 1.165) is 11.1 Å². The van der Waals surface area contributed by atoms with Crippen molar-refractivity contribution in [3.63, 3.8) is 0 Å². The Hall–Kier alpha value is -2.99. The van der Waals surface area contributed by atoms with E-state index in [-0.39, 0.29) is 17.8 Å². The van der Waals surface area contributed by atoms with Crippen molar-refractivity contribution in [1.82, 2.24) is 10.3 Å². The van der Waals surface area contributed by atoms with E-state index in [1.54, 1.807) is 24.5 Å². The van der Waals surface area contributed by atoms with Crippen molar-refractivity contribution in [3.8, 4) is 22.6 Å². The number of carbonyl (C=O) groups excluding carboxylic acids is 1. The third kappa shape index (κ3) is 4.22. The number of ether oxygens (including phenoxy) is 2. The predicted molar refractivity (Wildman–Crippen MR) is 109 cm³/mol. The smallest absolute Gasteiger partial charge is 0.253 e. The summed E-state index contributed by atoms with van der Waals surface area (Å²) >= 11 is 6.34. The molecule has 1 aliphatic heterocycles. The van der Waals surface area contributed by atoms with Crippen LogP contribution in [0.25, 0.3) is 11.1 Å². The Bertz CT molecular complexity index is 1050. The molecule has 1 atom stereocenters. The molecule has 29 heavy (non-hydrogen) atoms. The zero-order chi connectivity index (χ0) is 20.4. The molecule has 4 rings (SSSR count). The van der Waals surface area contributed by atoms with Gasteiger partial charge < -0.3 is 19.8 Å². The van der Waals surface area contributed by atoms with E-state index in [9.17, 15) is 9.18 Å². The van der Waals surface area contributed by atoms with E-state index in [4.69, 9.17) is 21.1 Å². The fourth-order valence-corrected chi connectivity index (χ4v) is 3.69. The molecule has 3 aromatic rings. The number of aromatic nitrogens is 1. The van der Waals surface area contributed by atoms with Gasteiger partial charge in [-0.2, -0.15) is 0 Å². The molecule has 2 aromatic carbocycles. The van der Waals surface area contributed by atoms with Gasteiger partial charge in [0.15, 0.2) is 11.5 Å². The Kier molecular flexibility index (Phi) is 5.45. The number of aromatic amines is 1. The highest BCUT2D eigenvalue weighted by molar-refractivity contribution is 6.32. The summed E-state index contributed by atoms with van der Waals surface area (Å²) in [4.78, 5) is 15.8. The fourth-order valence-electron chi connectivity index (χ4n) is 3.43. The van der Waals surface area contributed by atoms with Crippen molar-refractivity contribution in [2.75, 3.05) is 13.2 Å². The first-order valence-corrected chi connectivity index (χ1v) is 9.70. The Balaban J connectivity index is 1.53. The number of amides is 1. The number of benzene rings is 2. The van der Waals surface area contributed by atoms with Gasteiger partial charge in [0.2, 0.25) is 0 Å². The Morgan fingerprint density at radius 3 is 2.90 bits per heavy atom. The first kappa shape index (κ1) is 19.3. The number of halogens is 2. The monoisotopic (exact) mass is 414 g/mol. The Labute approximate surface area is 172 Å². The topological polar surface area (TPSA) is 63.4 Å². The minimum absolute atomic E-state index is 0.170. The number of H-pyrrole nitrogens is 1. The van der Waals surface area contributed by atoms with Gasteiger partial charge in [-0.1, -0.05) is 23.7 Å². The highest BCUT2D eigenvalue weighted by Crippen LogP contribution is 2.41. The van der Waals surface area contributed by atoms with Crippen LogP contribution in [0.1, 0.15) is 22.8 Å². The van der Waals surface area contributed by atoms with Crippen LogP contribution in [0.2, 0.25) is 5.02 Å². The van der Waals surface area contributed by atoms with Gasteiger partial charge in [-0.15, -0.1) is 0 Å². The first-order valence-electron chi connectivity index (χ1n) is 9.33. The maximum atomic E-state index is 13.4. The van der Waals surface area contributed by atoms with Crippen molar-refractivity contribution in [2.45, 2.75) is 19.4 Å². The molecular weight excluding hydrogens is 395 g/mol. The van der Waals surface area contributed by atoms with Crippen LogP contribution in [-0.4, -0.2) is 30.1 Å². The summed E-state index contributed by atoms with van der Waals surface area (Å²) in [7, 11) is 0. The van der Waals surface area contributed by atoms with Crippen LogP contribution in [-0.2, 0) is 6.42 Å². The normalized spacial score (nSPS) is 13.8. The highest BCUT2D eigenvalue weighted by atomic mass is 35.5. The van der Waals surface area contributed by atoms with Gasteiger partial charge in [0, 0.05) is 24.0 Å². The van der Waals surface area contributed by atoms with E-state index in [1.807, 2.05) is 19.1 Å². The molecule has 7 heteroatoms. The number of fused-ring (bicyclic) bond motifs is 1. The zero-order valence-electron chi connectivity index (χ0n) is 15.8. The van der Waals surface area contributed by atoms with Crippen LogP contribution in [0.5, 0.6) is 11.5 Å². The Morgan fingerprint density at radius 1 is 1.24 bits per heavy atom. The molecule has 0 bridgehead atoms. The van der Waals surface area contributed by atoms with Crippen LogP contribution >= 0.6 is 11.6 Å². The second-order valence-electron chi connectivity index (χ2n) is 6.97. The molecule has 0 saturated heterocycles. The Morgan fingerprint density at radius 2 is 2.07 bits per heavy atom. The number of carbonyl (C=O) groups is 1. The summed E-state index contributed by atoms with van der Waals surface area (Å²) in [6.07, 6.45) is 3.91. The zero-order valence-corrected chi connectivity index (χ0v) is 16.6. The van der Waals surface area contributed by atoms with Crippen LogP contribution in [0.15, 0.2) is 48.8 Å². The second-order valence-corrected chi connectivity index (χ2v) is 7.38. The molecule has 1 amide bonds. The molecule has 0 spiro atoms. The van der Waals surface area contributed by atoms with Gasteiger partial charge in [0.25, 0.3) is 5.91 Å². The van der Waals surface area contributed by atoms with Crippen LogP contribution in [0.4, 0.5) is 4.39 Å². The minimum atomic E-state index is -0.288. The molecule has 1 aromatic heterocycles. The molecule has 1 unspecified atom stereocenters. The predicted octanol–water partition coefficient (Wildman–Crippen LogP) is 4.61. The summed E-state index contributed by atoms with van der Waals surface area (Å²) in [6.45, 7) is 2.79. The van der Waals surface area contributed by atoms with E-state index in [0.29, 0.717) is 47.3 Å². The fraction of sp³-hybridized carbons (Fsp3) is 0.227. The summed E-state index contributed by atoms with van der Waals surface area (Å²) in [5.74, 6) is 0.568. The average molecular weight is 415 g/mol. The van der Waals surface area contributed by atoms with Gasteiger partial charge in [0.1, 0.15) is 19.0 Å². The van der Waals surface area contributed by atoms with Crippen molar-refractivity contribution in [3.05, 3.63) is 70.8 Å². The number of hydrogen-bond acceptors (Lipinski definition) is 3. The van der Waals surface area contributed by atoms with E-state index < -0.39 is 0 Å². The summed E-state index contributed by atoms with van der Waals surface area (Å²) in [5.41, 5.74) is 2.78. The second kappa shape index (κ2) is 8.17.